The van der Waals surface area contributed by atoms with Gasteiger partial charge in [0.2, 0.25) is 0 Å². The molecule has 2 amide bonds. The first-order chi connectivity index (χ1) is 18.5. The van der Waals surface area contributed by atoms with Crippen LogP contribution in [0.15, 0.2) is 40.9 Å². The SMILES string of the molecule is C=Cc1ccc(NC(=O)NCCCCC(C=NCCOCCOCCOCCOCCC(=O)S)=NN)cc1. The summed E-state index contributed by atoms with van der Waals surface area (Å²) < 4.78 is 21.5. The summed E-state index contributed by atoms with van der Waals surface area (Å²) in [7, 11) is 0. The van der Waals surface area contributed by atoms with E-state index in [0.717, 1.165) is 24.1 Å². The number of amides is 2. The number of ether oxygens (including phenoxy) is 4. The average molecular weight is 552 g/mol. The van der Waals surface area contributed by atoms with Crippen LogP contribution >= 0.6 is 12.6 Å². The highest BCUT2D eigenvalue weighted by atomic mass is 32.1. The van der Waals surface area contributed by atoms with Gasteiger partial charge in [0.25, 0.3) is 0 Å². The molecule has 0 spiro atoms. The second-order valence-electron chi connectivity index (χ2n) is 7.91. The third-order valence-corrected chi connectivity index (χ3v) is 5.12. The summed E-state index contributed by atoms with van der Waals surface area (Å²) in [5.74, 6) is 5.44. The molecule has 0 saturated heterocycles. The molecule has 0 radical (unpaired) electrons. The number of hydrogen-bond acceptors (Lipinski definition) is 9. The number of aliphatic imine (C=N–C) groups is 1. The Morgan fingerprint density at radius 2 is 1.50 bits per heavy atom. The molecule has 1 rings (SSSR count). The van der Waals surface area contributed by atoms with Crippen LogP contribution in [-0.4, -0.2) is 89.0 Å². The van der Waals surface area contributed by atoms with Gasteiger partial charge in [0.05, 0.1) is 65.1 Å². The Morgan fingerprint density at radius 3 is 2.08 bits per heavy atom. The Balaban J connectivity index is 1.93. The minimum Gasteiger partial charge on any atom is -0.379 e. The topological polar surface area (TPSA) is 146 Å². The Morgan fingerprint density at radius 1 is 0.895 bits per heavy atom. The lowest BCUT2D eigenvalue weighted by molar-refractivity contribution is -0.111. The van der Waals surface area contributed by atoms with E-state index in [1.807, 2.05) is 24.3 Å². The third kappa shape index (κ3) is 19.4. The number of carbonyl (C=O) groups is 2. The van der Waals surface area contributed by atoms with Gasteiger partial charge in [-0.05, 0) is 37.0 Å². The van der Waals surface area contributed by atoms with E-state index in [0.29, 0.717) is 84.5 Å². The fourth-order valence-electron chi connectivity index (χ4n) is 2.88. The van der Waals surface area contributed by atoms with E-state index in [2.05, 4.69) is 39.9 Å². The number of nitrogens with two attached hydrogens (primary N) is 1. The fourth-order valence-corrected chi connectivity index (χ4v) is 2.97. The normalized spacial score (nSPS) is 11.6. The predicted octanol–water partition coefficient (Wildman–Crippen LogP) is 2.92. The molecule has 0 heterocycles. The number of anilines is 1. The van der Waals surface area contributed by atoms with Crippen molar-refractivity contribution in [3.05, 3.63) is 36.4 Å². The number of hydrazone groups is 1. The quantitative estimate of drug-likeness (QED) is 0.0538. The Hall–Kier alpha value is -2.77. The van der Waals surface area contributed by atoms with Crippen LogP contribution in [0.1, 0.15) is 31.2 Å². The van der Waals surface area contributed by atoms with Crippen molar-refractivity contribution in [2.45, 2.75) is 25.7 Å². The van der Waals surface area contributed by atoms with Crippen molar-refractivity contribution < 1.29 is 28.5 Å². The maximum atomic E-state index is 12.0. The molecular weight excluding hydrogens is 510 g/mol. The van der Waals surface area contributed by atoms with Crippen LogP contribution in [-0.2, 0) is 23.7 Å². The van der Waals surface area contributed by atoms with Crippen molar-refractivity contribution in [2.24, 2.45) is 15.9 Å². The summed E-state index contributed by atoms with van der Waals surface area (Å²) in [6.07, 6.45) is 5.98. The van der Waals surface area contributed by atoms with Crippen LogP contribution in [0.4, 0.5) is 10.5 Å². The molecule has 0 fully saturated rings. The number of rotatable bonds is 23. The zero-order valence-corrected chi connectivity index (χ0v) is 22.8. The van der Waals surface area contributed by atoms with E-state index in [1.54, 1.807) is 12.3 Å². The van der Waals surface area contributed by atoms with Crippen LogP contribution in [0, 0.1) is 0 Å². The lowest BCUT2D eigenvalue weighted by Gasteiger charge is -2.08. The van der Waals surface area contributed by atoms with Crippen LogP contribution in [0.5, 0.6) is 0 Å². The number of nitrogens with zero attached hydrogens (tertiary/aromatic N) is 2. The number of carbonyl (C=O) groups excluding carboxylic acids is 2. The van der Waals surface area contributed by atoms with Gasteiger partial charge in [0.15, 0.2) is 5.12 Å². The second-order valence-corrected chi connectivity index (χ2v) is 8.41. The van der Waals surface area contributed by atoms with Gasteiger partial charge in [-0.2, -0.15) is 5.10 Å². The molecule has 1 aromatic rings. The molecule has 1 aromatic carbocycles. The minimum atomic E-state index is -0.244. The van der Waals surface area contributed by atoms with Gasteiger partial charge in [-0.1, -0.05) is 24.8 Å². The molecule has 11 nitrogen and oxygen atoms in total. The molecule has 38 heavy (non-hydrogen) atoms. The van der Waals surface area contributed by atoms with Crippen molar-refractivity contribution in [1.82, 2.24) is 5.32 Å². The van der Waals surface area contributed by atoms with Crippen LogP contribution in [0.3, 0.4) is 0 Å². The third-order valence-electron chi connectivity index (χ3n) is 4.90. The predicted molar refractivity (Wildman–Crippen MR) is 154 cm³/mol. The fraction of sp³-hybridized carbons (Fsp3) is 0.538. The maximum absolute atomic E-state index is 12.0. The summed E-state index contributed by atoms with van der Waals surface area (Å²) in [6, 6.07) is 7.18. The number of urea groups is 1. The van der Waals surface area contributed by atoms with Gasteiger partial charge in [-0.25, -0.2) is 4.79 Å². The second kappa shape index (κ2) is 23.4. The molecule has 0 unspecified atom stereocenters. The van der Waals surface area contributed by atoms with Gasteiger partial charge >= 0.3 is 6.03 Å². The van der Waals surface area contributed by atoms with E-state index < -0.39 is 0 Å². The largest absolute Gasteiger partial charge is 0.379 e. The van der Waals surface area contributed by atoms with E-state index in [-0.39, 0.29) is 11.1 Å². The number of benzene rings is 1. The van der Waals surface area contributed by atoms with Crippen LogP contribution in [0.2, 0.25) is 0 Å². The molecule has 0 aliphatic heterocycles. The van der Waals surface area contributed by atoms with Crippen molar-refractivity contribution in [3.63, 3.8) is 0 Å². The molecule has 0 saturated carbocycles. The summed E-state index contributed by atoms with van der Waals surface area (Å²) in [6.45, 7) is 8.33. The molecule has 212 valence electrons. The molecule has 12 heteroatoms. The number of hydrogen-bond donors (Lipinski definition) is 4. The molecule has 0 aromatic heterocycles. The van der Waals surface area contributed by atoms with Gasteiger partial charge in [0, 0.05) is 24.9 Å². The number of thiol groups is 1. The smallest absolute Gasteiger partial charge is 0.319 e. The van der Waals surface area contributed by atoms with E-state index in [1.165, 1.54) is 0 Å². The van der Waals surface area contributed by atoms with Crippen molar-refractivity contribution in [3.8, 4) is 0 Å². The van der Waals surface area contributed by atoms with Crippen molar-refractivity contribution in [1.29, 1.82) is 0 Å². The first kappa shape index (κ1) is 33.3. The summed E-state index contributed by atoms with van der Waals surface area (Å²) in [4.78, 5) is 26.9. The minimum absolute atomic E-state index is 0.186. The maximum Gasteiger partial charge on any atom is 0.319 e. The Kier molecular flexibility index (Phi) is 20.4. The first-order valence-electron chi connectivity index (χ1n) is 12.6. The van der Waals surface area contributed by atoms with Crippen LogP contribution < -0.4 is 16.5 Å². The average Bonchev–Trinajstić information content (AvgIpc) is 2.91. The summed E-state index contributed by atoms with van der Waals surface area (Å²) in [5, 5.41) is 9.20. The number of nitrogens with one attached hydrogen (secondary N) is 2. The van der Waals surface area contributed by atoms with E-state index in [4.69, 9.17) is 24.8 Å². The van der Waals surface area contributed by atoms with Crippen LogP contribution in [0.25, 0.3) is 6.08 Å². The Labute approximate surface area is 230 Å². The molecular formula is C26H41N5O6S. The number of unbranched alkanes of at least 4 members (excludes halogenated alkanes) is 1. The van der Waals surface area contributed by atoms with Gasteiger partial charge in [0.1, 0.15) is 0 Å². The lowest BCUT2D eigenvalue weighted by atomic mass is 10.2. The highest BCUT2D eigenvalue weighted by Gasteiger charge is 2.02. The summed E-state index contributed by atoms with van der Waals surface area (Å²) >= 11 is 3.66. The van der Waals surface area contributed by atoms with Crippen molar-refractivity contribution in [2.75, 3.05) is 71.3 Å². The molecule has 0 atom stereocenters. The Bertz CT molecular complexity index is 851. The van der Waals surface area contributed by atoms with Gasteiger partial charge in [-0.15, -0.1) is 12.6 Å². The molecule has 0 aliphatic rings. The highest BCUT2D eigenvalue weighted by Crippen LogP contribution is 2.10. The molecule has 0 bridgehead atoms. The van der Waals surface area contributed by atoms with Gasteiger partial charge in [-0.3, -0.25) is 9.79 Å². The zero-order valence-electron chi connectivity index (χ0n) is 21.9. The van der Waals surface area contributed by atoms with E-state index in [9.17, 15) is 9.59 Å². The first-order valence-corrected chi connectivity index (χ1v) is 13.1. The zero-order chi connectivity index (χ0) is 27.7. The molecule has 4 N–H and O–H groups in total. The summed E-state index contributed by atoms with van der Waals surface area (Å²) in [5.41, 5.74) is 2.41. The monoisotopic (exact) mass is 551 g/mol. The standard InChI is InChI=1S/C26H41N5O6S/c1-2-22-6-8-23(9-7-22)30-26(33)29-11-4-3-5-24(31-27)21-28-12-14-35-16-18-37-20-19-36-17-15-34-13-10-25(32)38/h2,6-9,21H,1,3-5,10-20,27H2,(H,32,38)(H2,29,30,33). The lowest BCUT2D eigenvalue weighted by Crippen LogP contribution is -2.29. The van der Waals surface area contributed by atoms with Crippen molar-refractivity contribution >= 4 is 47.5 Å². The molecule has 0 aliphatic carbocycles. The van der Waals surface area contributed by atoms with E-state index >= 15 is 0 Å². The highest BCUT2D eigenvalue weighted by molar-refractivity contribution is 7.96. The van der Waals surface area contributed by atoms with Gasteiger partial charge < -0.3 is 35.4 Å².